The summed E-state index contributed by atoms with van der Waals surface area (Å²) >= 11 is 0. The Labute approximate surface area is 201 Å². The molecular formula is C26H23FN6O2. The van der Waals surface area contributed by atoms with Crippen molar-refractivity contribution in [2.75, 3.05) is 7.11 Å². The lowest BCUT2D eigenvalue weighted by Gasteiger charge is -2.03. The van der Waals surface area contributed by atoms with Crippen LogP contribution < -0.4 is 4.74 Å². The molecule has 176 valence electrons. The van der Waals surface area contributed by atoms with Gasteiger partial charge in [0.1, 0.15) is 22.9 Å². The zero-order valence-corrected chi connectivity index (χ0v) is 19.3. The lowest BCUT2D eigenvalue weighted by atomic mass is 10.1. The van der Waals surface area contributed by atoms with Crippen molar-refractivity contribution in [2.24, 2.45) is 5.16 Å². The number of ether oxygens (including phenoxy) is 1. The predicted molar refractivity (Wildman–Crippen MR) is 130 cm³/mol. The molecular weight excluding hydrogens is 447 g/mol. The van der Waals surface area contributed by atoms with Gasteiger partial charge in [-0.3, -0.25) is 4.40 Å². The maximum atomic E-state index is 13.4. The SMILES string of the molecule is COc1ccc(Cn2cc(CO/N=C/c3c(-c4ccc(F)cc4)nc4c(C)cccn34)nn2)cc1. The molecule has 5 rings (SSSR count). The van der Waals surface area contributed by atoms with Gasteiger partial charge in [-0.2, -0.15) is 0 Å². The average molecular weight is 471 g/mol. The number of halogens is 1. The fourth-order valence-corrected chi connectivity index (χ4v) is 3.76. The Morgan fingerprint density at radius 3 is 2.63 bits per heavy atom. The van der Waals surface area contributed by atoms with Crippen LogP contribution in [0.4, 0.5) is 4.39 Å². The minimum absolute atomic E-state index is 0.167. The number of aryl methyl sites for hydroxylation is 1. The molecule has 0 aliphatic heterocycles. The summed E-state index contributed by atoms with van der Waals surface area (Å²) in [7, 11) is 1.64. The van der Waals surface area contributed by atoms with Crippen molar-refractivity contribution in [2.45, 2.75) is 20.1 Å². The summed E-state index contributed by atoms with van der Waals surface area (Å²) in [6.45, 7) is 2.74. The Bertz CT molecular complexity index is 1470. The Morgan fingerprint density at radius 1 is 1.06 bits per heavy atom. The van der Waals surface area contributed by atoms with Crippen LogP contribution in [0.25, 0.3) is 16.9 Å². The fourth-order valence-electron chi connectivity index (χ4n) is 3.76. The third-order valence-corrected chi connectivity index (χ3v) is 5.55. The molecule has 0 saturated heterocycles. The summed E-state index contributed by atoms with van der Waals surface area (Å²) < 4.78 is 22.3. The molecule has 0 aliphatic rings. The average Bonchev–Trinajstić information content (AvgIpc) is 3.48. The van der Waals surface area contributed by atoms with E-state index in [0.717, 1.165) is 33.8 Å². The number of hydrogen-bond acceptors (Lipinski definition) is 6. The number of pyridine rings is 1. The van der Waals surface area contributed by atoms with Gasteiger partial charge in [0, 0.05) is 11.8 Å². The smallest absolute Gasteiger partial charge is 0.162 e. The zero-order valence-electron chi connectivity index (χ0n) is 19.3. The van der Waals surface area contributed by atoms with Gasteiger partial charge in [0.05, 0.1) is 37.5 Å². The summed E-state index contributed by atoms with van der Waals surface area (Å²) in [5, 5.41) is 12.5. The molecule has 0 atom stereocenters. The highest BCUT2D eigenvalue weighted by Gasteiger charge is 2.14. The number of imidazole rings is 1. The van der Waals surface area contributed by atoms with Crippen LogP contribution in [0.1, 0.15) is 22.5 Å². The molecule has 0 saturated carbocycles. The second-order valence-electron chi connectivity index (χ2n) is 8.00. The topological polar surface area (TPSA) is 78.8 Å². The number of oxime groups is 1. The molecule has 0 fully saturated rings. The van der Waals surface area contributed by atoms with Gasteiger partial charge in [-0.05, 0) is 60.5 Å². The van der Waals surface area contributed by atoms with E-state index >= 15 is 0 Å². The minimum atomic E-state index is -0.299. The van der Waals surface area contributed by atoms with Crippen LogP contribution in [0.5, 0.6) is 5.75 Å². The highest BCUT2D eigenvalue weighted by molar-refractivity contribution is 5.89. The van der Waals surface area contributed by atoms with Crippen LogP contribution >= 0.6 is 0 Å². The summed E-state index contributed by atoms with van der Waals surface area (Å²) in [4.78, 5) is 10.3. The normalized spacial score (nSPS) is 11.4. The quantitative estimate of drug-likeness (QED) is 0.244. The molecule has 3 aromatic heterocycles. The molecule has 0 unspecified atom stereocenters. The van der Waals surface area contributed by atoms with Crippen LogP contribution in [0.3, 0.4) is 0 Å². The van der Waals surface area contributed by atoms with Gasteiger partial charge in [0.2, 0.25) is 0 Å². The molecule has 0 radical (unpaired) electrons. The van der Waals surface area contributed by atoms with Gasteiger partial charge in [0.25, 0.3) is 0 Å². The lowest BCUT2D eigenvalue weighted by molar-refractivity contribution is 0.129. The van der Waals surface area contributed by atoms with E-state index in [4.69, 9.17) is 14.6 Å². The van der Waals surface area contributed by atoms with Crippen molar-refractivity contribution >= 4 is 11.9 Å². The first-order valence-corrected chi connectivity index (χ1v) is 11.0. The van der Waals surface area contributed by atoms with E-state index in [9.17, 15) is 4.39 Å². The first-order valence-electron chi connectivity index (χ1n) is 11.0. The number of nitrogens with zero attached hydrogens (tertiary/aromatic N) is 6. The summed E-state index contributed by atoms with van der Waals surface area (Å²) in [6, 6.07) is 17.9. The van der Waals surface area contributed by atoms with Gasteiger partial charge in [-0.15, -0.1) is 5.10 Å². The monoisotopic (exact) mass is 470 g/mol. The Balaban J connectivity index is 1.30. The maximum absolute atomic E-state index is 13.4. The molecule has 0 amide bonds. The summed E-state index contributed by atoms with van der Waals surface area (Å²) in [5.41, 5.74) is 5.77. The van der Waals surface area contributed by atoms with E-state index in [1.807, 2.05) is 60.1 Å². The van der Waals surface area contributed by atoms with Gasteiger partial charge in [-0.1, -0.05) is 28.6 Å². The molecule has 35 heavy (non-hydrogen) atoms. The highest BCUT2D eigenvalue weighted by Crippen LogP contribution is 2.25. The largest absolute Gasteiger partial charge is 0.497 e. The van der Waals surface area contributed by atoms with Crippen LogP contribution in [0, 0.1) is 12.7 Å². The number of fused-ring (bicyclic) bond motifs is 1. The summed E-state index contributed by atoms with van der Waals surface area (Å²) in [5.74, 6) is 0.510. The van der Waals surface area contributed by atoms with Crippen molar-refractivity contribution in [1.82, 2.24) is 24.4 Å². The van der Waals surface area contributed by atoms with Gasteiger partial charge in [0.15, 0.2) is 6.61 Å². The van der Waals surface area contributed by atoms with Crippen LogP contribution in [0.2, 0.25) is 0 Å². The van der Waals surface area contributed by atoms with Crippen LogP contribution in [-0.2, 0) is 18.0 Å². The number of aromatic nitrogens is 5. The highest BCUT2D eigenvalue weighted by atomic mass is 19.1. The molecule has 0 N–H and O–H groups in total. The zero-order chi connectivity index (χ0) is 24.2. The number of hydrogen-bond donors (Lipinski definition) is 0. The Morgan fingerprint density at radius 2 is 1.86 bits per heavy atom. The molecule has 8 nitrogen and oxygen atoms in total. The number of benzene rings is 2. The third kappa shape index (κ3) is 4.89. The molecule has 9 heteroatoms. The van der Waals surface area contributed by atoms with Crippen molar-refractivity contribution in [3.63, 3.8) is 0 Å². The van der Waals surface area contributed by atoms with Crippen molar-refractivity contribution in [3.8, 4) is 17.0 Å². The Kier molecular flexibility index (Phi) is 6.21. The predicted octanol–water partition coefficient (Wildman–Crippen LogP) is 4.65. The number of methoxy groups -OCH3 is 1. The Hall–Kier alpha value is -4.53. The maximum Gasteiger partial charge on any atom is 0.162 e. The van der Waals surface area contributed by atoms with Crippen molar-refractivity contribution in [3.05, 3.63) is 101 Å². The van der Waals surface area contributed by atoms with E-state index in [-0.39, 0.29) is 12.4 Å². The molecule has 5 aromatic rings. The molecule has 0 aliphatic carbocycles. The minimum Gasteiger partial charge on any atom is -0.497 e. The fraction of sp³-hybridized carbons (Fsp3) is 0.154. The lowest BCUT2D eigenvalue weighted by Crippen LogP contribution is -2.00. The van der Waals surface area contributed by atoms with E-state index in [1.54, 1.807) is 30.1 Å². The molecule has 3 heterocycles. The van der Waals surface area contributed by atoms with Crippen LogP contribution in [-0.4, -0.2) is 37.7 Å². The molecule has 2 aromatic carbocycles. The first kappa shape index (κ1) is 22.3. The van der Waals surface area contributed by atoms with E-state index in [2.05, 4.69) is 15.5 Å². The first-order chi connectivity index (χ1) is 17.1. The van der Waals surface area contributed by atoms with Gasteiger partial charge < -0.3 is 9.57 Å². The van der Waals surface area contributed by atoms with E-state index in [1.165, 1.54) is 12.1 Å². The van der Waals surface area contributed by atoms with Crippen molar-refractivity contribution in [1.29, 1.82) is 0 Å². The molecule has 0 bridgehead atoms. The van der Waals surface area contributed by atoms with Crippen LogP contribution in [0.15, 0.2) is 78.2 Å². The third-order valence-electron chi connectivity index (χ3n) is 5.55. The molecule has 0 spiro atoms. The standard InChI is InChI=1S/C26H23FN6O2/c1-18-4-3-13-33-24(25(29-26(18)33)20-7-9-21(27)10-8-20)14-28-35-17-22-16-32(31-30-22)15-19-5-11-23(34-2)12-6-19/h3-14,16H,15,17H2,1-2H3/b28-14+. The van der Waals surface area contributed by atoms with Gasteiger partial charge in [-0.25, -0.2) is 14.1 Å². The second kappa shape index (κ2) is 9.76. The van der Waals surface area contributed by atoms with E-state index in [0.29, 0.717) is 17.9 Å². The van der Waals surface area contributed by atoms with Crippen molar-refractivity contribution < 1.29 is 14.0 Å². The number of rotatable bonds is 8. The van der Waals surface area contributed by atoms with E-state index < -0.39 is 0 Å². The second-order valence-corrected chi connectivity index (χ2v) is 8.00. The van der Waals surface area contributed by atoms with Gasteiger partial charge >= 0.3 is 0 Å². The summed E-state index contributed by atoms with van der Waals surface area (Å²) in [6.07, 6.45) is 5.34.